The Morgan fingerprint density at radius 2 is 1.81 bits per heavy atom. The van der Waals surface area contributed by atoms with Crippen molar-refractivity contribution in [2.24, 2.45) is 0 Å². The highest BCUT2D eigenvalue weighted by Gasteiger charge is 2.19. The van der Waals surface area contributed by atoms with Crippen LogP contribution in [0.25, 0.3) is 0 Å². The summed E-state index contributed by atoms with van der Waals surface area (Å²) in [6.45, 7) is 1.88. The Kier molecular flexibility index (Phi) is 3.80. The Hall–Kier alpha value is -1.33. The first-order chi connectivity index (χ1) is 9.95. The number of halogens is 1. The minimum atomic E-state index is -3.54. The number of hydrogen-bond acceptors (Lipinski definition) is 2. The molecule has 0 heterocycles. The van der Waals surface area contributed by atoms with Crippen LogP contribution in [0.2, 0.25) is 0 Å². The summed E-state index contributed by atoms with van der Waals surface area (Å²) in [5.74, 6) is 0. The van der Waals surface area contributed by atoms with Crippen LogP contribution in [0.15, 0.2) is 45.8 Å². The minimum absolute atomic E-state index is 0.338. The fraction of sp³-hybridized carbons (Fsp3) is 0.250. The van der Waals surface area contributed by atoms with Gasteiger partial charge in [-0.3, -0.25) is 4.72 Å². The first kappa shape index (κ1) is 14.6. The Morgan fingerprint density at radius 3 is 2.57 bits per heavy atom. The molecule has 2 aromatic rings. The Balaban J connectivity index is 1.93. The van der Waals surface area contributed by atoms with Crippen LogP contribution in [0.4, 0.5) is 5.69 Å². The molecule has 0 bridgehead atoms. The molecular formula is C16H16BrNO2S. The smallest absolute Gasteiger partial charge is 0.261 e. The number of nitrogens with one attached hydrogen (secondary N) is 1. The summed E-state index contributed by atoms with van der Waals surface area (Å²) in [5, 5.41) is 0. The maximum atomic E-state index is 12.5. The number of aryl methyl sites for hydroxylation is 3. The van der Waals surface area contributed by atoms with Gasteiger partial charge in [0, 0.05) is 4.47 Å². The largest absolute Gasteiger partial charge is 0.279 e. The van der Waals surface area contributed by atoms with E-state index in [0.717, 1.165) is 34.9 Å². The maximum Gasteiger partial charge on any atom is 0.261 e. The number of fused-ring (bicyclic) bond motifs is 1. The van der Waals surface area contributed by atoms with Crippen LogP contribution in [0.3, 0.4) is 0 Å². The van der Waals surface area contributed by atoms with Crippen molar-refractivity contribution in [3.63, 3.8) is 0 Å². The molecule has 21 heavy (non-hydrogen) atoms. The van der Waals surface area contributed by atoms with Gasteiger partial charge in [0.1, 0.15) is 0 Å². The van der Waals surface area contributed by atoms with Crippen molar-refractivity contribution in [3.05, 3.63) is 57.6 Å². The van der Waals surface area contributed by atoms with Crippen LogP contribution >= 0.6 is 15.9 Å². The molecular weight excluding hydrogens is 350 g/mol. The zero-order valence-corrected chi connectivity index (χ0v) is 14.1. The van der Waals surface area contributed by atoms with Crippen molar-refractivity contribution >= 4 is 31.6 Å². The minimum Gasteiger partial charge on any atom is -0.279 e. The van der Waals surface area contributed by atoms with Crippen molar-refractivity contribution in [1.29, 1.82) is 0 Å². The quantitative estimate of drug-likeness (QED) is 0.891. The van der Waals surface area contributed by atoms with E-state index in [1.165, 1.54) is 5.56 Å². The number of hydrogen-bond donors (Lipinski definition) is 1. The lowest BCUT2D eigenvalue weighted by atomic mass is 10.1. The average Bonchev–Trinajstić information content (AvgIpc) is 2.89. The van der Waals surface area contributed by atoms with Crippen LogP contribution in [0, 0.1) is 6.92 Å². The standard InChI is InChI=1S/C16H16BrNO2S/c1-11-9-14(17)6-8-16(11)18-21(19,20)15-7-5-12-3-2-4-13(12)10-15/h5-10,18H,2-4H2,1H3. The predicted octanol–water partition coefficient (Wildman–Crippen LogP) is 4.05. The highest BCUT2D eigenvalue weighted by molar-refractivity contribution is 9.10. The molecule has 3 rings (SSSR count). The molecule has 0 radical (unpaired) electrons. The number of sulfonamides is 1. The SMILES string of the molecule is Cc1cc(Br)ccc1NS(=O)(=O)c1ccc2c(c1)CCC2. The van der Waals surface area contributed by atoms with Crippen LogP contribution in [0.5, 0.6) is 0 Å². The first-order valence-corrected chi connectivity index (χ1v) is 9.14. The Morgan fingerprint density at radius 1 is 1.05 bits per heavy atom. The highest BCUT2D eigenvalue weighted by atomic mass is 79.9. The third-order valence-corrected chi connectivity index (χ3v) is 5.67. The first-order valence-electron chi connectivity index (χ1n) is 6.86. The van der Waals surface area contributed by atoms with Gasteiger partial charge < -0.3 is 0 Å². The van der Waals surface area contributed by atoms with E-state index in [1.54, 1.807) is 18.2 Å². The van der Waals surface area contributed by atoms with Gasteiger partial charge in [0.2, 0.25) is 0 Å². The molecule has 5 heteroatoms. The second-order valence-electron chi connectivity index (χ2n) is 5.35. The van der Waals surface area contributed by atoms with E-state index in [9.17, 15) is 8.42 Å². The summed E-state index contributed by atoms with van der Waals surface area (Å²) in [6, 6.07) is 10.9. The second-order valence-corrected chi connectivity index (χ2v) is 7.95. The van der Waals surface area contributed by atoms with Gasteiger partial charge in [-0.15, -0.1) is 0 Å². The molecule has 3 nitrogen and oxygen atoms in total. The van der Waals surface area contributed by atoms with Gasteiger partial charge in [-0.05, 0) is 73.2 Å². The van der Waals surface area contributed by atoms with Crippen molar-refractivity contribution < 1.29 is 8.42 Å². The molecule has 0 fully saturated rings. The zero-order chi connectivity index (χ0) is 15.0. The second kappa shape index (κ2) is 5.46. The molecule has 2 aromatic carbocycles. The lowest BCUT2D eigenvalue weighted by Crippen LogP contribution is -2.14. The molecule has 110 valence electrons. The molecule has 0 saturated carbocycles. The van der Waals surface area contributed by atoms with Crippen molar-refractivity contribution in [2.45, 2.75) is 31.1 Å². The van der Waals surface area contributed by atoms with E-state index >= 15 is 0 Å². The number of benzene rings is 2. The third kappa shape index (κ3) is 2.99. The highest BCUT2D eigenvalue weighted by Crippen LogP contribution is 2.27. The fourth-order valence-corrected chi connectivity index (χ4v) is 4.32. The molecule has 1 N–H and O–H groups in total. The lowest BCUT2D eigenvalue weighted by Gasteiger charge is -2.12. The van der Waals surface area contributed by atoms with E-state index in [0.29, 0.717) is 10.6 Å². The third-order valence-electron chi connectivity index (χ3n) is 3.81. The Bertz CT molecular complexity index is 800. The van der Waals surface area contributed by atoms with Gasteiger partial charge in [0.15, 0.2) is 0 Å². The molecule has 0 saturated heterocycles. The molecule has 0 aliphatic heterocycles. The molecule has 0 aromatic heterocycles. The summed E-state index contributed by atoms with van der Waals surface area (Å²) >= 11 is 3.38. The summed E-state index contributed by atoms with van der Waals surface area (Å²) in [5.41, 5.74) is 3.92. The van der Waals surface area contributed by atoms with E-state index in [2.05, 4.69) is 20.7 Å². The number of rotatable bonds is 3. The monoisotopic (exact) mass is 365 g/mol. The van der Waals surface area contributed by atoms with Crippen molar-refractivity contribution in [2.75, 3.05) is 4.72 Å². The fourth-order valence-electron chi connectivity index (χ4n) is 2.66. The van der Waals surface area contributed by atoms with Crippen LogP contribution < -0.4 is 4.72 Å². The summed E-state index contributed by atoms with van der Waals surface area (Å²) in [7, 11) is -3.54. The summed E-state index contributed by atoms with van der Waals surface area (Å²) < 4.78 is 28.6. The summed E-state index contributed by atoms with van der Waals surface area (Å²) in [4.78, 5) is 0.338. The average molecular weight is 366 g/mol. The Labute approximate surface area is 133 Å². The topological polar surface area (TPSA) is 46.2 Å². The normalized spacial score (nSPS) is 14.0. The van der Waals surface area contributed by atoms with Crippen LogP contribution in [-0.2, 0) is 22.9 Å². The van der Waals surface area contributed by atoms with Gasteiger partial charge in [-0.1, -0.05) is 22.0 Å². The molecule has 0 spiro atoms. The van der Waals surface area contributed by atoms with Gasteiger partial charge >= 0.3 is 0 Å². The molecule has 0 amide bonds. The molecule has 0 unspecified atom stereocenters. The summed E-state index contributed by atoms with van der Waals surface area (Å²) in [6.07, 6.45) is 3.13. The van der Waals surface area contributed by atoms with Gasteiger partial charge in [0.25, 0.3) is 10.0 Å². The van der Waals surface area contributed by atoms with E-state index < -0.39 is 10.0 Å². The van der Waals surface area contributed by atoms with Gasteiger partial charge in [-0.25, -0.2) is 8.42 Å². The van der Waals surface area contributed by atoms with Crippen LogP contribution in [-0.4, -0.2) is 8.42 Å². The van der Waals surface area contributed by atoms with Crippen molar-refractivity contribution in [3.8, 4) is 0 Å². The lowest BCUT2D eigenvalue weighted by molar-refractivity contribution is 0.601. The van der Waals surface area contributed by atoms with Gasteiger partial charge in [0.05, 0.1) is 10.6 Å². The van der Waals surface area contributed by atoms with E-state index in [4.69, 9.17) is 0 Å². The van der Waals surface area contributed by atoms with Crippen molar-refractivity contribution in [1.82, 2.24) is 0 Å². The maximum absolute atomic E-state index is 12.5. The molecule has 1 aliphatic carbocycles. The zero-order valence-electron chi connectivity index (χ0n) is 11.7. The molecule has 1 aliphatic rings. The van der Waals surface area contributed by atoms with Crippen LogP contribution in [0.1, 0.15) is 23.1 Å². The van der Waals surface area contributed by atoms with E-state index in [-0.39, 0.29) is 0 Å². The van der Waals surface area contributed by atoms with E-state index in [1.807, 2.05) is 25.1 Å². The van der Waals surface area contributed by atoms with Gasteiger partial charge in [-0.2, -0.15) is 0 Å². The number of anilines is 1. The predicted molar refractivity (Wildman–Crippen MR) is 88.2 cm³/mol. The molecule has 0 atom stereocenters.